The monoisotopic (exact) mass is 395 g/mol. The number of allylic oxidation sites excluding steroid dienone is 3. The summed E-state index contributed by atoms with van der Waals surface area (Å²) in [5.41, 5.74) is 5.66. The Morgan fingerprint density at radius 1 is 1.07 bits per heavy atom. The summed E-state index contributed by atoms with van der Waals surface area (Å²) in [5.74, 6) is -0.498. The minimum atomic E-state index is -0.361. The number of anilines is 1. The molecule has 148 valence electrons. The topological polar surface area (TPSA) is 62.1 Å². The van der Waals surface area contributed by atoms with Crippen LogP contribution in [0.25, 0.3) is 5.70 Å². The number of hydrogen-bond acceptors (Lipinski definition) is 3. The zero-order valence-electron chi connectivity index (χ0n) is 16.7. The van der Waals surface area contributed by atoms with Crippen molar-refractivity contribution in [1.82, 2.24) is 0 Å². The normalized spacial score (nSPS) is 21.8. The van der Waals surface area contributed by atoms with E-state index in [0.717, 1.165) is 28.8 Å². The first-order valence-corrected chi connectivity index (χ1v) is 10.2. The van der Waals surface area contributed by atoms with Crippen molar-refractivity contribution in [2.24, 2.45) is 16.1 Å². The van der Waals surface area contributed by atoms with Gasteiger partial charge in [-0.15, -0.1) is 10.2 Å². The molecular weight excluding hydrogens is 374 g/mol. The molecule has 0 fully saturated rings. The quantitative estimate of drug-likeness (QED) is 0.759. The largest absolute Gasteiger partial charge is 0.309 e. The van der Waals surface area contributed by atoms with Gasteiger partial charge in [-0.3, -0.25) is 9.59 Å². The minimum Gasteiger partial charge on any atom is -0.309 e. The van der Waals surface area contributed by atoms with Gasteiger partial charge < -0.3 is 4.90 Å². The summed E-state index contributed by atoms with van der Waals surface area (Å²) in [6.45, 7) is 2.09. The van der Waals surface area contributed by atoms with Crippen LogP contribution in [0.3, 0.4) is 0 Å². The molecule has 2 heterocycles. The standard InChI is InChI=1S/C25H21N3O2/c1-16-14-19-6-2-5-9-22(19)28(16)23(29)15-17-10-12-18(13-11-17)24-20-7-3-4-8-21(20)25(30)27-26-24/h2-13,16,21H,14-15H2,1H3. The number of para-hydroxylation sites is 1. The number of hydrogen-bond donors (Lipinski definition) is 0. The van der Waals surface area contributed by atoms with Crippen LogP contribution in [-0.2, 0) is 22.4 Å². The fraction of sp³-hybridized carbons (Fsp3) is 0.200. The van der Waals surface area contributed by atoms with Gasteiger partial charge in [0.05, 0.1) is 18.0 Å². The average molecular weight is 395 g/mol. The summed E-state index contributed by atoms with van der Waals surface area (Å²) in [4.78, 5) is 26.9. The molecule has 2 unspecified atom stereocenters. The molecule has 0 bridgehead atoms. The van der Waals surface area contributed by atoms with Gasteiger partial charge in [0, 0.05) is 17.3 Å². The zero-order valence-corrected chi connectivity index (χ0v) is 16.7. The highest BCUT2D eigenvalue weighted by atomic mass is 16.2. The van der Waals surface area contributed by atoms with Gasteiger partial charge in [-0.05, 0) is 36.1 Å². The second-order valence-electron chi connectivity index (χ2n) is 7.88. The highest BCUT2D eigenvalue weighted by Crippen LogP contribution is 2.35. The Morgan fingerprint density at radius 3 is 2.70 bits per heavy atom. The van der Waals surface area contributed by atoms with Gasteiger partial charge in [0.2, 0.25) is 5.91 Å². The molecule has 0 radical (unpaired) electrons. The molecule has 1 aliphatic carbocycles. The van der Waals surface area contributed by atoms with E-state index in [9.17, 15) is 9.59 Å². The van der Waals surface area contributed by atoms with Crippen LogP contribution in [0.1, 0.15) is 23.6 Å². The van der Waals surface area contributed by atoms with Gasteiger partial charge >= 0.3 is 0 Å². The zero-order chi connectivity index (χ0) is 20.7. The first-order valence-electron chi connectivity index (χ1n) is 10.2. The molecule has 3 aliphatic rings. The van der Waals surface area contributed by atoms with Crippen molar-refractivity contribution in [2.45, 2.75) is 25.8 Å². The first kappa shape index (κ1) is 18.4. The van der Waals surface area contributed by atoms with E-state index in [-0.39, 0.29) is 23.8 Å². The van der Waals surface area contributed by atoms with Gasteiger partial charge in [-0.2, -0.15) is 0 Å². The van der Waals surface area contributed by atoms with Gasteiger partial charge in [-0.1, -0.05) is 66.8 Å². The summed E-state index contributed by atoms with van der Waals surface area (Å²) in [5, 5.41) is 7.96. The SMILES string of the molecule is CC1Cc2ccccc2N1C(=O)Cc1ccc(C2=C3C=CC=CC3C(=O)N=N2)cc1. The number of fused-ring (bicyclic) bond motifs is 2. The van der Waals surface area contributed by atoms with E-state index < -0.39 is 0 Å². The molecule has 0 saturated heterocycles. The first-order chi connectivity index (χ1) is 14.6. The van der Waals surface area contributed by atoms with E-state index in [1.54, 1.807) is 0 Å². The number of rotatable bonds is 3. The maximum Gasteiger partial charge on any atom is 0.276 e. The van der Waals surface area contributed by atoms with Gasteiger partial charge in [0.15, 0.2) is 0 Å². The van der Waals surface area contributed by atoms with Crippen LogP contribution < -0.4 is 4.90 Å². The summed E-state index contributed by atoms with van der Waals surface area (Å²) in [6.07, 6.45) is 8.76. The van der Waals surface area contributed by atoms with Crippen molar-refractivity contribution in [3.63, 3.8) is 0 Å². The molecule has 5 heteroatoms. The predicted octanol–water partition coefficient (Wildman–Crippen LogP) is 4.65. The number of azo groups is 1. The molecule has 2 aromatic carbocycles. The van der Waals surface area contributed by atoms with Gasteiger partial charge in [0.1, 0.15) is 0 Å². The van der Waals surface area contributed by atoms with Crippen LogP contribution in [0.4, 0.5) is 5.69 Å². The van der Waals surface area contributed by atoms with Crippen LogP contribution in [0, 0.1) is 5.92 Å². The van der Waals surface area contributed by atoms with E-state index in [2.05, 4.69) is 23.2 Å². The molecule has 2 aliphatic heterocycles. The van der Waals surface area contributed by atoms with E-state index >= 15 is 0 Å². The van der Waals surface area contributed by atoms with Crippen LogP contribution >= 0.6 is 0 Å². The molecule has 2 amide bonds. The Kier molecular flexibility index (Phi) is 4.51. The maximum atomic E-state index is 13.0. The fourth-order valence-electron chi connectivity index (χ4n) is 4.41. The Bertz CT molecular complexity index is 1160. The smallest absolute Gasteiger partial charge is 0.276 e. The Balaban J connectivity index is 1.37. The lowest BCUT2D eigenvalue weighted by Gasteiger charge is -2.23. The van der Waals surface area contributed by atoms with Gasteiger partial charge in [-0.25, -0.2) is 0 Å². The third-order valence-electron chi connectivity index (χ3n) is 5.87. The summed E-state index contributed by atoms with van der Waals surface area (Å²) in [7, 11) is 0. The second-order valence-corrected chi connectivity index (χ2v) is 7.88. The molecular formula is C25H21N3O2. The van der Waals surface area contributed by atoms with Crippen molar-refractivity contribution in [3.05, 3.63) is 95.1 Å². The third-order valence-corrected chi connectivity index (χ3v) is 5.87. The molecule has 2 atom stereocenters. The lowest BCUT2D eigenvalue weighted by Crippen LogP contribution is -2.36. The Morgan fingerprint density at radius 2 is 1.87 bits per heavy atom. The molecule has 5 nitrogen and oxygen atoms in total. The van der Waals surface area contributed by atoms with E-state index in [0.29, 0.717) is 12.1 Å². The number of benzene rings is 2. The third kappa shape index (κ3) is 3.12. The van der Waals surface area contributed by atoms with Crippen LogP contribution in [0.5, 0.6) is 0 Å². The van der Waals surface area contributed by atoms with Crippen LogP contribution in [0.15, 0.2) is 88.6 Å². The number of carbonyl (C=O) groups excluding carboxylic acids is 2. The van der Waals surface area contributed by atoms with Crippen molar-refractivity contribution in [2.75, 3.05) is 4.90 Å². The van der Waals surface area contributed by atoms with Crippen LogP contribution in [0.2, 0.25) is 0 Å². The van der Waals surface area contributed by atoms with E-state index in [1.807, 2.05) is 71.7 Å². The van der Waals surface area contributed by atoms with Crippen LogP contribution in [-0.4, -0.2) is 17.9 Å². The van der Waals surface area contributed by atoms with E-state index in [1.165, 1.54) is 5.56 Å². The Labute approximate surface area is 175 Å². The van der Waals surface area contributed by atoms with Gasteiger partial charge in [0.25, 0.3) is 5.91 Å². The molecule has 0 spiro atoms. The number of carbonyl (C=O) groups is 2. The minimum absolute atomic E-state index is 0.102. The molecule has 30 heavy (non-hydrogen) atoms. The highest BCUT2D eigenvalue weighted by Gasteiger charge is 2.30. The lowest BCUT2D eigenvalue weighted by atomic mass is 9.89. The number of nitrogens with zero attached hydrogens (tertiary/aromatic N) is 3. The molecule has 0 N–H and O–H groups in total. The average Bonchev–Trinajstić information content (AvgIpc) is 3.11. The second kappa shape index (κ2) is 7.34. The van der Waals surface area contributed by atoms with Crippen molar-refractivity contribution >= 4 is 23.2 Å². The van der Waals surface area contributed by atoms with E-state index in [4.69, 9.17) is 0 Å². The summed E-state index contributed by atoms with van der Waals surface area (Å²) in [6, 6.07) is 16.1. The van der Waals surface area contributed by atoms with Crippen molar-refractivity contribution in [1.29, 1.82) is 0 Å². The molecule has 2 aromatic rings. The summed E-state index contributed by atoms with van der Waals surface area (Å²) >= 11 is 0. The molecule has 0 aromatic heterocycles. The molecule has 0 saturated carbocycles. The van der Waals surface area contributed by atoms with Crippen molar-refractivity contribution in [3.8, 4) is 0 Å². The maximum absolute atomic E-state index is 13.0. The predicted molar refractivity (Wildman–Crippen MR) is 116 cm³/mol. The van der Waals surface area contributed by atoms with Crippen molar-refractivity contribution < 1.29 is 9.59 Å². The number of amides is 2. The lowest BCUT2D eigenvalue weighted by molar-refractivity contribution is -0.120. The summed E-state index contributed by atoms with van der Waals surface area (Å²) < 4.78 is 0. The molecule has 5 rings (SSSR count). The highest BCUT2D eigenvalue weighted by molar-refractivity contribution is 5.97. The fourth-order valence-corrected chi connectivity index (χ4v) is 4.41. The Hall–Kier alpha value is -3.60.